The highest BCUT2D eigenvalue weighted by Crippen LogP contribution is 2.51. The molecule has 6 heterocycles. The standard InChI is InChI=1S/C28H30N2O4S4/c1-2-6-18(30-16-22-24-26(34-12-10-32-24)28(38-22)20-8-4-14-36-20)17(5-1)29-15-21-23-25(33-11-9-31-23)27(37-21)19-7-3-13-35-19/h3-4,7-8,13-14,17-18,29-30H,1-2,5-6,9-12,15-16H2/t17-,18-/m1/s1. The van der Waals surface area contributed by atoms with Crippen molar-refractivity contribution >= 4 is 45.3 Å². The fourth-order valence-electron chi connectivity index (χ4n) is 5.46. The van der Waals surface area contributed by atoms with Crippen molar-refractivity contribution in [1.82, 2.24) is 10.6 Å². The summed E-state index contributed by atoms with van der Waals surface area (Å²) in [6.45, 7) is 4.02. The van der Waals surface area contributed by atoms with E-state index < -0.39 is 0 Å². The van der Waals surface area contributed by atoms with Crippen molar-refractivity contribution in [2.75, 3.05) is 26.4 Å². The molecule has 1 fully saturated rings. The van der Waals surface area contributed by atoms with Gasteiger partial charge in [0, 0.05) is 34.9 Å². The Morgan fingerprint density at radius 1 is 0.632 bits per heavy atom. The maximum Gasteiger partial charge on any atom is 0.181 e. The van der Waals surface area contributed by atoms with Crippen molar-refractivity contribution in [3.05, 3.63) is 44.8 Å². The third kappa shape index (κ3) is 4.87. The van der Waals surface area contributed by atoms with Crippen molar-refractivity contribution in [3.63, 3.8) is 0 Å². The molecule has 0 unspecified atom stereocenters. The van der Waals surface area contributed by atoms with Gasteiger partial charge in [0.25, 0.3) is 0 Å². The van der Waals surface area contributed by atoms with Gasteiger partial charge < -0.3 is 29.6 Å². The molecule has 0 amide bonds. The van der Waals surface area contributed by atoms with Crippen LogP contribution in [0.2, 0.25) is 0 Å². The number of hydrogen-bond acceptors (Lipinski definition) is 10. The second kappa shape index (κ2) is 11.2. The zero-order chi connectivity index (χ0) is 25.3. The van der Waals surface area contributed by atoms with Crippen molar-refractivity contribution < 1.29 is 18.9 Å². The molecule has 10 heteroatoms. The SMILES string of the molecule is c1csc(-c2sc(CN[C@@H]3CCCC[C@H]3NCc3sc(-c4cccs4)c4c3OCCO4)c3c2OCCO3)c1. The summed E-state index contributed by atoms with van der Waals surface area (Å²) in [5.74, 6) is 3.71. The summed E-state index contributed by atoms with van der Waals surface area (Å²) in [4.78, 5) is 7.32. The Morgan fingerprint density at radius 2 is 1.08 bits per heavy atom. The molecule has 0 aromatic carbocycles. The smallest absolute Gasteiger partial charge is 0.181 e. The predicted molar refractivity (Wildman–Crippen MR) is 157 cm³/mol. The van der Waals surface area contributed by atoms with E-state index in [1.165, 1.54) is 54.9 Å². The summed E-state index contributed by atoms with van der Waals surface area (Å²) in [6, 6.07) is 9.32. The van der Waals surface area contributed by atoms with Gasteiger partial charge in [0.05, 0.1) is 19.5 Å². The first kappa shape index (κ1) is 24.9. The molecule has 1 aliphatic carbocycles. The van der Waals surface area contributed by atoms with Crippen LogP contribution in [0.3, 0.4) is 0 Å². The lowest BCUT2D eigenvalue weighted by molar-refractivity contribution is 0.171. The van der Waals surface area contributed by atoms with Gasteiger partial charge in [-0.2, -0.15) is 0 Å². The minimum absolute atomic E-state index is 0.404. The number of ether oxygens (including phenoxy) is 4. The summed E-state index contributed by atoms with van der Waals surface area (Å²) >= 11 is 7.10. The molecule has 3 aliphatic rings. The van der Waals surface area contributed by atoms with Gasteiger partial charge in [-0.3, -0.25) is 0 Å². The number of rotatable bonds is 8. The molecule has 6 nitrogen and oxygen atoms in total. The van der Waals surface area contributed by atoms with Crippen LogP contribution in [0.5, 0.6) is 23.0 Å². The summed E-state index contributed by atoms with van der Waals surface area (Å²) in [5.41, 5.74) is 0. The molecular weight excluding hydrogens is 557 g/mol. The van der Waals surface area contributed by atoms with Crippen LogP contribution in [0.15, 0.2) is 35.0 Å². The van der Waals surface area contributed by atoms with E-state index in [1.807, 2.05) is 0 Å². The molecule has 0 radical (unpaired) electrons. The largest absolute Gasteiger partial charge is 0.485 e. The lowest BCUT2D eigenvalue weighted by atomic mass is 9.90. The first-order chi connectivity index (χ1) is 18.8. The number of fused-ring (bicyclic) bond motifs is 2. The molecule has 38 heavy (non-hydrogen) atoms. The molecular formula is C28H30N2O4S4. The summed E-state index contributed by atoms with van der Waals surface area (Å²) in [5, 5.41) is 12.0. The average Bonchev–Trinajstić information content (AvgIpc) is 3.77. The zero-order valence-electron chi connectivity index (χ0n) is 21.0. The lowest BCUT2D eigenvalue weighted by Crippen LogP contribution is -2.49. The van der Waals surface area contributed by atoms with Crippen LogP contribution in [0.1, 0.15) is 35.4 Å². The van der Waals surface area contributed by atoms with E-state index in [9.17, 15) is 0 Å². The zero-order valence-corrected chi connectivity index (χ0v) is 24.2. The van der Waals surface area contributed by atoms with E-state index in [-0.39, 0.29) is 0 Å². The van der Waals surface area contributed by atoms with E-state index >= 15 is 0 Å². The van der Waals surface area contributed by atoms with Crippen LogP contribution < -0.4 is 29.6 Å². The van der Waals surface area contributed by atoms with Gasteiger partial charge in [-0.25, -0.2) is 0 Å². The molecule has 4 aromatic rings. The molecule has 200 valence electrons. The Labute approximate surface area is 238 Å². The number of nitrogens with one attached hydrogen (secondary N) is 2. The minimum atomic E-state index is 0.404. The third-order valence-corrected chi connectivity index (χ3v) is 11.6. The van der Waals surface area contributed by atoms with Crippen LogP contribution in [0.4, 0.5) is 0 Å². The Kier molecular flexibility index (Phi) is 7.34. The second-order valence-electron chi connectivity index (χ2n) is 9.63. The van der Waals surface area contributed by atoms with Gasteiger partial charge >= 0.3 is 0 Å². The first-order valence-electron chi connectivity index (χ1n) is 13.2. The maximum atomic E-state index is 6.10. The second-order valence-corrected chi connectivity index (χ2v) is 13.7. The van der Waals surface area contributed by atoms with E-state index in [2.05, 4.69) is 45.7 Å². The molecule has 2 atom stereocenters. The summed E-state index contributed by atoms with van der Waals surface area (Å²) in [6.07, 6.45) is 4.85. The van der Waals surface area contributed by atoms with E-state index in [0.29, 0.717) is 38.5 Å². The first-order valence-corrected chi connectivity index (χ1v) is 16.6. The molecule has 0 saturated heterocycles. The molecule has 4 aromatic heterocycles. The van der Waals surface area contributed by atoms with Gasteiger partial charge in [0.2, 0.25) is 0 Å². The molecule has 2 aliphatic heterocycles. The van der Waals surface area contributed by atoms with Gasteiger partial charge in [0.1, 0.15) is 26.4 Å². The molecule has 0 bridgehead atoms. The third-order valence-electron chi connectivity index (χ3n) is 7.24. The van der Waals surface area contributed by atoms with Gasteiger partial charge in [-0.1, -0.05) is 25.0 Å². The van der Waals surface area contributed by atoms with Crippen molar-refractivity contribution in [1.29, 1.82) is 0 Å². The Hall–Kier alpha value is -2.08. The molecule has 0 spiro atoms. The monoisotopic (exact) mass is 586 g/mol. The van der Waals surface area contributed by atoms with Gasteiger partial charge in [-0.05, 0) is 35.7 Å². The quantitative estimate of drug-likeness (QED) is 0.232. The lowest BCUT2D eigenvalue weighted by Gasteiger charge is -2.33. The fourth-order valence-corrected chi connectivity index (χ4v) is 9.44. The van der Waals surface area contributed by atoms with E-state index in [0.717, 1.165) is 36.1 Å². The predicted octanol–water partition coefficient (Wildman–Crippen LogP) is 7.00. The van der Waals surface area contributed by atoms with Gasteiger partial charge in [-0.15, -0.1) is 45.3 Å². The fraction of sp³-hybridized carbons (Fsp3) is 0.429. The van der Waals surface area contributed by atoms with Crippen LogP contribution in [-0.4, -0.2) is 38.5 Å². The summed E-state index contributed by atoms with van der Waals surface area (Å²) in [7, 11) is 0. The Balaban J connectivity index is 1.06. The van der Waals surface area contributed by atoms with Crippen LogP contribution >= 0.6 is 45.3 Å². The van der Waals surface area contributed by atoms with Gasteiger partial charge in [0.15, 0.2) is 23.0 Å². The highest BCUT2D eigenvalue weighted by Gasteiger charge is 2.30. The minimum Gasteiger partial charge on any atom is -0.485 e. The maximum absolute atomic E-state index is 6.10. The van der Waals surface area contributed by atoms with Crippen molar-refractivity contribution in [2.45, 2.75) is 50.9 Å². The molecule has 1 saturated carbocycles. The van der Waals surface area contributed by atoms with E-state index in [4.69, 9.17) is 18.9 Å². The van der Waals surface area contributed by atoms with E-state index in [1.54, 1.807) is 45.3 Å². The Bertz CT molecular complexity index is 1260. The van der Waals surface area contributed by atoms with Crippen molar-refractivity contribution in [2.24, 2.45) is 0 Å². The normalized spacial score (nSPS) is 20.5. The highest BCUT2D eigenvalue weighted by molar-refractivity contribution is 7.22. The number of hydrogen-bond donors (Lipinski definition) is 2. The van der Waals surface area contributed by atoms with Crippen LogP contribution in [0, 0.1) is 0 Å². The highest BCUT2D eigenvalue weighted by atomic mass is 32.1. The molecule has 2 N–H and O–H groups in total. The Morgan fingerprint density at radius 3 is 1.50 bits per heavy atom. The number of thiophene rings is 4. The van der Waals surface area contributed by atoms with Crippen LogP contribution in [-0.2, 0) is 13.1 Å². The average molecular weight is 587 g/mol. The summed E-state index contributed by atoms with van der Waals surface area (Å²) < 4.78 is 24.3. The van der Waals surface area contributed by atoms with Crippen LogP contribution in [0.25, 0.3) is 19.5 Å². The van der Waals surface area contributed by atoms with Crippen molar-refractivity contribution in [3.8, 4) is 42.5 Å². The molecule has 7 rings (SSSR count). The topological polar surface area (TPSA) is 61.0 Å².